The lowest BCUT2D eigenvalue weighted by Gasteiger charge is -2.35. The van der Waals surface area contributed by atoms with Crippen molar-refractivity contribution < 1.29 is 9.21 Å². The van der Waals surface area contributed by atoms with Crippen LogP contribution in [0.5, 0.6) is 0 Å². The smallest absolute Gasteiger partial charge is 0.231 e. The van der Waals surface area contributed by atoms with E-state index in [4.69, 9.17) is 9.40 Å². The average molecular weight is 370 g/mol. The van der Waals surface area contributed by atoms with Crippen molar-refractivity contribution >= 4 is 22.8 Å². The van der Waals surface area contributed by atoms with Crippen molar-refractivity contribution in [3.8, 4) is 0 Å². The third-order valence-electron chi connectivity index (χ3n) is 6.18. The Kier molecular flexibility index (Phi) is 5.06. The highest BCUT2D eigenvalue weighted by atomic mass is 16.3. The Labute approximate surface area is 160 Å². The van der Waals surface area contributed by atoms with Crippen molar-refractivity contribution in [1.82, 2.24) is 14.9 Å². The molecule has 0 unspecified atom stereocenters. The van der Waals surface area contributed by atoms with Crippen LogP contribution in [0.1, 0.15) is 55.7 Å². The monoisotopic (exact) mass is 370 g/mol. The van der Waals surface area contributed by atoms with Gasteiger partial charge in [-0.3, -0.25) is 4.79 Å². The SMILES string of the molecule is Cc1nc(N2CCC(C(=O)N3CCCCCC3)CC2)c2c(C)c(C)oc2n1. The summed E-state index contributed by atoms with van der Waals surface area (Å²) < 4.78 is 5.82. The molecule has 4 heterocycles. The van der Waals surface area contributed by atoms with Crippen molar-refractivity contribution in [3.63, 3.8) is 0 Å². The fourth-order valence-corrected chi connectivity index (χ4v) is 4.45. The van der Waals surface area contributed by atoms with Gasteiger partial charge in [0.2, 0.25) is 11.6 Å². The van der Waals surface area contributed by atoms with Crippen LogP contribution in [0.2, 0.25) is 0 Å². The minimum absolute atomic E-state index is 0.157. The highest BCUT2D eigenvalue weighted by Gasteiger charge is 2.30. The first-order valence-corrected chi connectivity index (χ1v) is 10.3. The van der Waals surface area contributed by atoms with Crippen LogP contribution in [-0.4, -0.2) is 47.0 Å². The van der Waals surface area contributed by atoms with E-state index < -0.39 is 0 Å². The van der Waals surface area contributed by atoms with Gasteiger partial charge in [0.1, 0.15) is 17.4 Å². The van der Waals surface area contributed by atoms with E-state index in [0.717, 1.165) is 80.2 Å². The lowest BCUT2D eigenvalue weighted by Crippen LogP contribution is -2.43. The number of amides is 1. The van der Waals surface area contributed by atoms with Gasteiger partial charge in [-0.2, -0.15) is 4.98 Å². The Bertz CT molecular complexity index is 828. The Morgan fingerprint density at radius 3 is 2.30 bits per heavy atom. The molecule has 2 saturated heterocycles. The molecule has 0 bridgehead atoms. The van der Waals surface area contributed by atoms with Crippen molar-refractivity contribution in [2.24, 2.45) is 5.92 Å². The number of anilines is 1. The van der Waals surface area contributed by atoms with E-state index in [1.807, 2.05) is 13.8 Å². The van der Waals surface area contributed by atoms with Crippen LogP contribution in [0, 0.1) is 26.7 Å². The molecule has 2 aromatic heterocycles. The number of hydrogen-bond donors (Lipinski definition) is 0. The first-order valence-electron chi connectivity index (χ1n) is 10.3. The molecule has 146 valence electrons. The van der Waals surface area contributed by atoms with Gasteiger partial charge in [-0.1, -0.05) is 12.8 Å². The molecule has 2 aromatic rings. The van der Waals surface area contributed by atoms with Gasteiger partial charge in [-0.15, -0.1) is 0 Å². The molecule has 0 radical (unpaired) electrons. The van der Waals surface area contributed by atoms with Gasteiger partial charge in [0.25, 0.3) is 0 Å². The Balaban J connectivity index is 1.49. The largest absolute Gasteiger partial charge is 0.443 e. The molecule has 0 spiro atoms. The van der Waals surface area contributed by atoms with E-state index in [0.29, 0.717) is 11.6 Å². The van der Waals surface area contributed by atoms with Gasteiger partial charge in [0.15, 0.2) is 0 Å². The highest BCUT2D eigenvalue weighted by Crippen LogP contribution is 2.33. The maximum Gasteiger partial charge on any atom is 0.231 e. The molecule has 2 aliphatic rings. The maximum atomic E-state index is 12.9. The third-order valence-corrected chi connectivity index (χ3v) is 6.18. The molecular weight excluding hydrogens is 340 g/mol. The van der Waals surface area contributed by atoms with Gasteiger partial charge in [0, 0.05) is 37.7 Å². The molecule has 0 saturated carbocycles. The normalized spacial score (nSPS) is 19.5. The lowest BCUT2D eigenvalue weighted by molar-refractivity contribution is -0.136. The van der Waals surface area contributed by atoms with E-state index in [1.54, 1.807) is 0 Å². The summed E-state index contributed by atoms with van der Waals surface area (Å²) in [4.78, 5) is 26.6. The van der Waals surface area contributed by atoms with Crippen molar-refractivity contribution in [2.45, 2.75) is 59.3 Å². The number of fused-ring (bicyclic) bond motifs is 1. The zero-order valence-electron chi connectivity index (χ0n) is 16.8. The standard InChI is InChI=1S/C21H30N4O2/c1-14-15(2)27-20-18(14)19(22-16(3)23-20)24-12-8-17(9-13-24)21(26)25-10-6-4-5-7-11-25/h17H,4-13H2,1-3H3. The molecule has 0 aliphatic carbocycles. The zero-order chi connectivity index (χ0) is 19.0. The average Bonchev–Trinajstić information content (AvgIpc) is 2.85. The Morgan fingerprint density at radius 2 is 1.63 bits per heavy atom. The molecule has 0 aromatic carbocycles. The molecule has 4 rings (SSSR count). The summed E-state index contributed by atoms with van der Waals surface area (Å²) in [7, 11) is 0. The molecule has 2 aliphatic heterocycles. The molecule has 1 amide bonds. The fourth-order valence-electron chi connectivity index (χ4n) is 4.45. The van der Waals surface area contributed by atoms with Gasteiger partial charge in [0.05, 0.1) is 5.39 Å². The molecule has 6 heteroatoms. The van der Waals surface area contributed by atoms with Crippen LogP contribution in [-0.2, 0) is 4.79 Å². The third kappa shape index (κ3) is 3.54. The lowest BCUT2D eigenvalue weighted by atomic mass is 9.95. The van der Waals surface area contributed by atoms with Crippen LogP contribution >= 0.6 is 0 Å². The predicted molar refractivity (Wildman–Crippen MR) is 106 cm³/mol. The number of piperidine rings is 1. The molecule has 2 fully saturated rings. The number of carbonyl (C=O) groups excluding carboxylic acids is 1. The van der Waals surface area contributed by atoms with E-state index >= 15 is 0 Å². The number of aromatic nitrogens is 2. The predicted octanol–water partition coefficient (Wildman–Crippen LogP) is 3.77. The summed E-state index contributed by atoms with van der Waals surface area (Å²) >= 11 is 0. The first-order chi connectivity index (χ1) is 13.0. The van der Waals surface area contributed by atoms with E-state index in [1.165, 1.54) is 12.8 Å². The maximum absolute atomic E-state index is 12.9. The molecule has 0 atom stereocenters. The quantitative estimate of drug-likeness (QED) is 0.805. The summed E-state index contributed by atoms with van der Waals surface area (Å²) in [5.74, 6) is 3.12. The minimum Gasteiger partial charge on any atom is -0.443 e. The zero-order valence-corrected chi connectivity index (χ0v) is 16.8. The second-order valence-corrected chi connectivity index (χ2v) is 8.06. The fraction of sp³-hybridized carbons (Fsp3) is 0.667. The Morgan fingerprint density at radius 1 is 0.963 bits per heavy atom. The van der Waals surface area contributed by atoms with Gasteiger partial charge in [-0.05, 0) is 46.5 Å². The van der Waals surface area contributed by atoms with E-state index in [2.05, 4.69) is 21.7 Å². The number of hydrogen-bond acceptors (Lipinski definition) is 5. The van der Waals surface area contributed by atoms with Crippen molar-refractivity contribution in [3.05, 3.63) is 17.1 Å². The molecule has 6 nitrogen and oxygen atoms in total. The van der Waals surface area contributed by atoms with Crippen LogP contribution in [0.25, 0.3) is 11.1 Å². The van der Waals surface area contributed by atoms with E-state index in [-0.39, 0.29) is 5.92 Å². The number of aryl methyl sites for hydroxylation is 3. The van der Waals surface area contributed by atoms with Gasteiger partial charge in [-0.25, -0.2) is 4.98 Å². The first kappa shape index (κ1) is 18.3. The molecule has 27 heavy (non-hydrogen) atoms. The minimum atomic E-state index is 0.157. The summed E-state index contributed by atoms with van der Waals surface area (Å²) in [6.07, 6.45) is 6.62. The second-order valence-electron chi connectivity index (χ2n) is 8.06. The van der Waals surface area contributed by atoms with Gasteiger partial charge >= 0.3 is 0 Å². The van der Waals surface area contributed by atoms with Crippen LogP contribution in [0.15, 0.2) is 4.42 Å². The summed E-state index contributed by atoms with van der Waals surface area (Å²) in [5, 5.41) is 1.02. The number of furan rings is 1. The van der Waals surface area contributed by atoms with E-state index in [9.17, 15) is 4.79 Å². The number of rotatable bonds is 2. The van der Waals surface area contributed by atoms with Crippen LogP contribution < -0.4 is 4.90 Å². The van der Waals surface area contributed by atoms with Crippen LogP contribution in [0.3, 0.4) is 0 Å². The topological polar surface area (TPSA) is 62.5 Å². The number of likely N-dealkylation sites (tertiary alicyclic amines) is 1. The number of nitrogens with zero attached hydrogens (tertiary/aromatic N) is 4. The van der Waals surface area contributed by atoms with Crippen molar-refractivity contribution in [2.75, 3.05) is 31.1 Å². The summed E-state index contributed by atoms with van der Waals surface area (Å²) in [6, 6.07) is 0. The molecule has 0 N–H and O–H groups in total. The van der Waals surface area contributed by atoms with Gasteiger partial charge < -0.3 is 14.2 Å². The summed E-state index contributed by atoms with van der Waals surface area (Å²) in [5.41, 5.74) is 1.79. The summed E-state index contributed by atoms with van der Waals surface area (Å²) in [6.45, 7) is 9.56. The molecular formula is C21H30N4O2. The van der Waals surface area contributed by atoms with Crippen LogP contribution in [0.4, 0.5) is 5.82 Å². The number of carbonyl (C=O) groups is 1. The second kappa shape index (κ2) is 7.49. The van der Waals surface area contributed by atoms with Crippen molar-refractivity contribution in [1.29, 1.82) is 0 Å². The Hall–Kier alpha value is -2.11. The highest BCUT2D eigenvalue weighted by molar-refractivity contribution is 5.90.